The van der Waals surface area contributed by atoms with Gasteiger partial charge >= 0.3 is 5.97 Å². The number of halogens is 1. The second-order valence-corrected chi connectivity index (χ2v) is 4.58. The monoisotopic (exact) mass is 281 g/mol. The molecule has 0 unspecified atom stereocenters. The van der Waals surface area contributed by atoms with Crippen LogP contribution in [0.15, 0.2) is 22.7 Å². The molecule has 0 aliphatic rings. The fourth-order valence-corrected chi connectivity index (χ4v) is 2.08. The minimum absolute atomic E-state index is 0.115. The van der Waals surface area contributed by atoms with Crippen LogP contribution in [0.1, 0.15) is 27.4 Å². The van der Waals surface area contributed by atoms with E-state index in [1.807, 2.05) is 13.8 Å². The van der Waals surface area contributed by atoms with E-state index in [1.54, 1.807) is 12.1 Å². The van der Waals surface area contributed by atoms with Gasteiger partial charge in [0.2, 0.25) is 0 Å². The van der Waals surface area contributed by atoms with Gasteiger partial charge in [0.15, 0.2) is 11.5 Å². The number of hydrogen-bond acceptors (Lipinski definition) is 4. The molecule has 2 rings (SSSR count). The van der Waals surface area contributed by atoms with Gasteiger partial charge in [-0.2, -0.15) is 0 Å². The molecule has 19 heavy (non-hydrogen) atoms. The van der Waals surface area contributed by atoms with Gasteiger partial charge in [0.25, 0.3) is 0 Å². The van der Waals surface area contributed by atoms with Crippen LogP contribution in [0.25, 0.3) is 0 Å². The number of carboxylic acids is 1. The van der Waals surface area contributed by atoms with E-state index in [9.17, 15) is 4.79 Å². The summed E-state index contributed by atoms with van der Waals surface area (Å²) >= 11 is 5.93. The average molecular weight is 282 g/mol. The fraction of sp³-hybridized carbons (Fsp3) is 0.231. The van der Waals surface area contributed by atoms with Gasteiger partial charge in [-0.25, -0.2) is 4.79 Å². The highest BCUT2D eigenvalue weighted by molar-refractivity contribution is 6.30. The maximum Gasteiger partial charge on any atom is 0.358 e. The number of carboxylic acid groups (broad SMARTS) is 1. The Morgan fingerprint density at radius 2 is 2.00 bits per heavy atom. The van der Waals surface area contributed by atoms with Gasteiger partial charge in [-0.3, -0.25) is 0 Å². The van der Waals surface area contributed by atoms with Crippen molar-refractivity contribution in [3.8, 4) is 5.75 Å². The molecule has 0 amide bonds. The Morgan fingerprint density at radius 1 is 1.37 bits per heavy atom. The van der Waals surface area contributed by atoms with E-state index in [1.165, 1.54) is 6.07 Å². The van der Waals surface area contributed by atoms with Gasteiger partial charge in [-0.15, -0.1) is 0 Å². The summed E-state index contributed by atoms with van der Waals surface area (Å²) in [5.41, 5.74) is 1.68. The summed E-state index contributed by atoms with van der Waals surface area (Å²) in [5, 5.41) is 12.8. The smallest absolute Gasteiger partial charge is 0.358 e. The zero-order valence-corrected chi connectivity index (χ0v) is 11.2. The molecule has 100 valence electrons. The number of rotatable bonds is 4. The molecule has 0 atom stereocenters. The molecule has 5 nitrogen and oxygen atoms in total. The van der Waals surface area contributed by atoms with Crippen LogP contribution >= 0.6 is 11.6 Å². The zero-order chi connectivity index (χ0) is 14.0. The second kappa shape index (κ2) is 5.32. The number of carbonyl (C=O) groups is 1. The molecule has 1 N–H and O–H groups in total. The first kappa shape index (κ1) is 13.4. The Morgan fingerprint density at radius 3 is 2.53 bits per heavy atom. The topological polar surface area (TPSA) is 72.6 Å². The summed E-state index contributed by atoms with van der Waals surface area (Å²) in [6, 6.07) is 4.93. The Hall–Kier alpha value is -2.01. The van der Waals surface area contributed by atoms with E-state index in [-0.39, 0.29) is 12.3 Å². The number of aromatic nitrogens is 1. The Kier molecular flexibility index (Phi) is 3.76. The van der Waals surface area contributed by atoms with E-state index in [4.69, 9.17) is 26.0 Å². The first-order chi connectivity index (χ1) is 8.97. The number of ether oxygens (including phenoxy) is 1. The van der Waals surface area contributed by atoms with Crippen LogP contribution in [0.2, 0.25) is 5.02 Å². The Labute approximate surface area is 114 Å². The molecule has 0 aliphatic heterocycles. The van der Waals surface area contributed by atoms with E-state index >= 15 is 0 Å². The third-order valence-corrected chi connectivity index (χ3v) is 2.78. The predicted octanol–water partition coefficient (Wildman–Crippen LogP) is 3.22. The van der Waals surface area contributed by atoms with Crippen LogP contribution in [-0.2, 0) is 6.61 Å². The summed E-state index contributed by atoms with van der Waals surface area (Å²) in [6.07, 6.45) is 0. The number of hydrogen-bond donors (Lipinski definition) is 1. The largest absolute Gasteiger partial charge is 0.485 e. The summed E-state index contributed by atoms with van der Waals surface area (Å²) in [4.78, 5) is 10.7. The molecule has 1 heterocycles. The normalized spacial score (nSPS) is 10.5. The first-order valence-electron chi connectivity index (χ1n) is 5.56. The molecule has 1 aromatic heterocycles. The maximum atomic E-state index is 10.7. The van der Waals surface area contributed by atoms with Crippen LogP contribution in [-0.4, -0.2) is 16.2 Å². The summed E-state index contributed by atoms with van der Waals surface area (Å²) < 4.78 is 10.5. The van der Waals surface area contributed by atoms with Crippen molar-refractivity contribution in [2.24, 2.45) is 0 Å². The lowest BCUT2D eigenvalue weighted by atomic mass is 10.1. The summed E-state index contributed by atoms with van der Waals surface area (Å²) in [6.45, 7) is 3.89. The fourth-order valence-electron chi connectivity index (χ4n) is 1.75. The van der Waals surface area contributed by atoms with Crippen molar-refractivity contribution in [2.75, 3.05) is 0 Å². The van der Waals surface area contributed by atoms with Gasteiger partial charge in [0, 0.05) is 11.1 Å². The molecule has 1 aromatic carbocycles. The zero-order valence-electron chi connectivity index (χ0n) is 10.4. The van der Waals surface area contributed by atoms with Gasteiger partial charge < -0.3 is 14.4 Å². The standard InChI is InChI=1S/C13H12ClNO4/c1-7-3-9(14)4-8(2)12(7)18-6-10-5-11(13(16)17)15-19-10/h3-5H,6H2,1-2H3,(H,16,17). The minimum atomic E-state index is -1.13. The highest BCUT2D eigenvalue weighted by Crippen LogP contribution is 2.27. The van der Waals surface area contributed by atoms with Gasteiger partial charge in [0.1, 0.15) is 12.4 Å². The molecule has 0 saturated heterocycles. The van der Waals surface area contributed by atoms with Gasteiger partial charge in [-0.1, -0.05) is 16.8 Å². The van der Waals surface area contributed by atoms with Crippen LogP contribution in [0.3, 0.4) is 0 Å². The maximum absolute atomic E-state index is 10.7. The molecule has 2 aromatic rings. The van der Waals surface area contributed by atoms with Crippen LogP contribution < -0.4 is 4.74 Å². The number of nitrogens with zero attached hydrogens (tertiary/aromatic N) is 1. The van der Waals surface area contributed by atoms with Crippen molar-refractivity contribution in [3.63, 3.8) is 0 Å². The third-order valence-electron chi connectivity index (χ3n) is 2.56. The molecule has 0 saturated carbocycles. The van der Waals surface area contributed by atoms with E-state index in [0.29, 0.717) is 16.5 Å². The minimum Gasteiger partial charge on any atom is -0.485 e. The molecular weight excluding hydrogens is 270 g/mol. The van der Waals surface area contributed by atoms with Crippen LogP contribution in [0.4, 0.5) is 0 Å². The van der Waals surface area contributed by atoms with Crippen molar-refractivity contribution in [2.45, 2.75) is 20.5 Å². The van der Waals surface area contributed by atoms with Crippen molar-refractivity contribution in [1.29, 1.82) is 0 Å². The number of aromatic carboxylic acids is 1. The molecular formula is C13H12ClNO4. The van der Waals surface area contributed by atoms with E-state index in [2.05, 4.69) is 5.16 Å². The Bertz CT molecular complexity index is 598. The quantitative estimate of drug-likeness (QED) is 0.931. The lowest BCUT2D eigenvalue weighted by Crippen LogP contribution is -1.98. The van der Waals surface area contributed by atoms with Crippen LogP contribution in [0.5, 0.6) is 5.75 Å². The van der Waals surface area contributed by atoms with Crippen molar-refractivity contribution in [3.05, 3.63) is 45.8 Å². The second-order valence-electron chi connectivity index (χ2n) is 4.14. The van der Waals surface area contributed by atoms with Crippen molar-refractivity contribution in [1.82, 2.24) is 5.16 Å². The molecule has 0 radical (unpaired) electrons. The molecule has 0 aliphatic carbocycles. The Balaban J connectivity index is 2.12. The summed E-state index contributed by atoms with van der Waals surface area (Å²) in [5.74, 6) is -0.0716. The predicted molar refractivity (Wildman–Crippen MR) is 68.7 cm³/mol. The highest BCUT2D eigenvalue weighted by atomic mass is 35.5. The highest BCUT2D eigenvalue weighted by Gasteiger charge is 2.12. The SMILES string of the molecule is Cc1cc(Cl)cc(C)c1OCc1cc(C(=O)O)no1. The number of benzene rings is 1. The molecule has 0 fully saturated rings. The van der Waals surface area contributed by atoms with E-state index in [0.717, 1.165) is 11.1 Å². The third kappa shape index (κ3) is 3.06. The average Bonchev–Trinajstić information content (AvgIpc) is 2.76. The molecule has 0 spiro atoms. The number of aryl methyl sites for hydroxylation is 2. The van der Waals surface area contributed by atoms with Crippen molar-refractivity contribution >= 4 is 17.6 Å². The van der Waals surface area contributed by atoms with E-state index < -0.39 is 5.97 Å². The lowest BCUT2D eigenvalue weighted by molar-refractivity contribution is 0.0685. The van der Waals surface area contributed by atoms with Gasteiger partial charge in [0.05, 0.1) is 0 Å². The first-order valence-corrected chi connectivity index (χ1v) is 5.93. The lowest BCUT2D eigenvalue weighted by Gasteiger charge is -2.11. The molecule has 0 bridgehead atoms. The van der Waals surface area contributed by atoms with Gasteiger partial charge in [-0.05, 0) is 37.1 Å². The summed E-state index contributed by atoms with van der Waals surface area (Å²) in [7, 11) is 0. The van der Waals surface area contributed by atoms with Crippen LogP contribution in [0, 0.1) is 13.8 Å². The van der Waals surface area contributed by atoms with Crippen molar-refractivity contribution < 1.29 is 19.2 Å². The molecule has 6 heteroatoms.